The van der Waals surface area contributed by atoms with Gasteiger partial charge in [0.1, 0.15) is 24.4 Å². The molecule has 1 aliphatic rings. The van der Waals surface area contributed by atoms with Crippen LogP contribution in [0.5, 0.6) is 0 Å². The number of hydrogen-bond donors (Lipinski definition) is 2. The molecular weight excluding hydrogens is 248 g/mol. The molecule has 1 heterocycles. The summed E-state index contributed by atoms with van der Waals surface area (Å²) in [5.41, 5.74) is 0. The molecular formula is C14H26O5. The number of aliphatic hydroxyl groups excluding tert-OH is 2. The smallest absolute Gasteiger partial charge is 0.164 e. The molecule has 1 aliphatic heterocycles. The van der Waals surface area contributed by atoms with Crippen molar-refractivity contribution in [1.82, 2.24) is 0 Å². The standard InChI is InChI=1S/C14H26O5/c1-9(2)6-7-10-13(19-14(3,4)18-10)12(16)11(8-15)17-5/h6-7,9-13,15-16H,8H2,1-5H3/b7-6+. The van der Waals surface area contributed by atoms with Crippen molar-refractivity contribution in [3.05, 3.63) is 12.2 Å². The molecule has 0 aromatic rings. The molecule has 0 amide bonds. The van der Waals surface area contributed by atoms with Crippen LogP contribution in [0.25, 0.3) is 0 Å². The number of ether oxygens (including phenoxy) is 3. The number of aliphatic hydroxyl groups is 2. The van der Waals surface area contributed by atoms with Gasteiger partial charge in [0.2, 0.25) is 0 Å². The molecule has 5 nitrogen and oxygen atoms in total. The maximum atomic E-state index is 10.3. The third-order valence-corrected chi connectivity index (χ3v) is 3.05. The lowest BCUT2D eigenvalue weighted by molar-refractivity contribution is -0.166. The van der Waals surface area contributed by atoms with Gasteiger partial charge in [-0.15, -0.1) is 0 Å². The molecule has 5 heteroatoms. The predicted molar refractivity (Wildman–Crippen MR) is 71.7 cm³/mol. The first kappa shape index (κ1) is 16.6. The number of rotatable bonds is 6. The van der Waals surface area contributed by atoms with Crippen molar-refractivity contribution in [2.75, 3.05) is 13.7 Å². The Morgan fingerprint density at radius 3 is 2.42 bits per heavy atom. The van der Waals surface area contributed by atoms with Crippen LogP contribution in [-0.4, -0.2) is 54.1 Å². The second-order valence-electron chi connectivity index (χ2n) is 5.64. The Morgan fingerprint density at radius 2 is 1.95 bits per heavy atom. The van der Waals surface area contributed by atoms with Crippen LogP contribution in [0.15, 0.2) is 12.2 Å². The van der Waals surface area contributed by atoms with Gasteiger partial charge in [0, 0.05) is 7.11 Å². The van der Waals surface area contributed by atoms with Gasteiger partial charge in [-0.3, -0.25) is 0 Å². The Morgan fingerprint density at radius 1 is 1.32 bits per heavy atom. The van der Waals surface area contributed by atoms with Crippen molar-refractivity contribution >= 4 is 0 Å². The number of methoxy groups -OCH3 is 1. The third kappa shape index (κ3) is 4.54. The number of hydrogen-bond acceptors (Lipinski definition) is 5. The molecule has 112 valence electrons. The third-order valence-electron chi connectivity index (χ3n) is 3.05. The summed E-state index contributed by atoms with van der Waals surface area (Å²) < 4.78 is 16.5. The average molecular weight is 274 g/mol. The molecule has 1 fully saturated rings. The molecule has 1 rings (SSSR count). The first-order chi connectivity index (χ1) is 8.80. The highest BCUT2D eigenvalue weighted by molar-refractivity contribution is 5.02. The summed E-state index contributed by atoms with van der Waals surface area (Å²) in [7, 11) is 1.45. The van der Waals surface area contributed by atoms with Gasteiger partial charge in [-0.05, 0) is 19.8 Å². The summed E-state index contributed by atoms with van der Waals surface area (Å²) >= 11 is 0. The molecule has 0 saturated carbocycles. The lowest BCUT2D eigenvalue weighted by Gasteiger charge is -2.26. The molecule has 4 unspecified atom stereocenters. The van der Waals surface area contributed by atoms with Gasteiger partial charge < -0.3 is 24.4 Å². The van der Waals surface area contributed by atoms with Crippen LogP contribution >= 0.6 is 0 Å². The van der Waals surface area contributed by atoms with Gasteiger partial charge in [0.25, 0.3) is 0 Å². The van der Waals surface area contributed by atoms with E-state index in [1.807, 2.05) is 12.2 Å². The summed E-state index contributed by atoms with van der Waals surface area (Å²) in [6.45, 7) is 7.47. The van der Waals surface area contributed by atoms with Gasteiger partial charge >= 0.3 is 0 Å². The van der Waals surface area contributed by atoms with E-state index in [1.54, 1.807) is 13.8 Å². The summed E-state index contributed by atoms with van der Waals surface area (Å²) in [5.74, 6) is -0.369. The molecule has 0 bridgehead atoms. The topological polar surface area (TPSA) is 68.2 Å². The van der Waals surface area contributed by atoms with Gasteiger partial charge in [-0.2, -0.15) is 0 Å². The van der Waals surface area contributed by atoms with E-state index in [2.05, 4.69) is 13.8 Å². The van der Waals surface area contributed by atoms with Crippen molar-refractivity contribution in [3.63, 3.8) is 0 Å². The normalized spacial score (nSPS) is 30.1. The molecule has 0 aromatic heterocycles. The second-order valence-corrected chi connectivity index (χ2v) is 5.64. The first-order valence-corrected chi connectivity index (χ1v) is 6.66. The largest absolute Gasteiger partial charge is 0.394 e. The Kier molecular flexibility index (Phi) is 5.95. The summed E-state index contributed by atoms with van der Waals surface area (Å²) in [5, 5.41) is 19.4. The summed E-state index contributed by atoms with van der Waals surface area (Å²) in [6.07, 6.45) is 1.38. The molecule has 0 aromatic carbocycles. The Bertz CT molecular complexity index is 296. The van der Waals surface area contributed by atoms with Crippen molar-refractivity contribution in [1.29, 1.82) is 0 Å². The lowest BCUT2D eigenvalue weighted by atomic mass is 10.0. The van der Waals surface area contributed by atoms with Gasteiger partial charge in [0.05, 0.1) is 6.61 Å². The SMILES string of the molecule is COC(CO)C(O)C1OC(C)(C)OC1/C=C/C(C)C. The van der Waals surface area contributed by atoms with Crippen LogP contribution in [0.4, 0.5) is 0 Å². The maximum absolute atomic E-state index is 10.3. The highest BCUT2D eigenvalue weighted by Crippen LogP contribution is 2.32. The van der Waals surface area contributed by atoms with Crippen molar-refractivity contribution in [2.45, 2.75) is 57.9 Å². The van der Waals surface area contributed by atoms with E-state index in [4.69, 9.17) is 14.2 Å². The van der Waals surface area contributed by atoms with Gasteiger partial charge in [-0.1, -0.05) is 26.0 Å². The zero-order valence-corrected chi connectivity index (χ0v) is 12.4. The highest BCUT2D eigenvalue weighted by Gasteiger charge is 2.45. The Hall–Kier alpha value is -0.460. The maximum Gasteiger partial charge on any atom is 0.164 e. The van der Waals surface area contributed by atoms with Crippen molar-refractivity contribution in [2.24, 2.45) is 5.92 Å². The molecule has 2 N–H and O–H groups in total. The van der Waals surface area contributed by atoms with E-state index in [0.29, 0.717) is 5.92 Å². The monoisotopic (exact) mass is 274 g/mol. The van der Waals surface area contributed by atoms with Crippen LogP contribution in [0.2, 0.25) is 0 Å². The van der Waals surface area contributed by atoms with E-state index in [1.165, 1.54) is 7.11 Å². The fourth-order valence-corrected chi connectivity index (χ4v) is 2.10. The predicted octanol–water partition coefficient (Wildman–Crippen LogP) is 1.09. The highest BCUT2D eigenvalue weighted by atomic mass is 16.8. The van der Waals surface area contributed by atoms with Crippen molar-refractivity contribution in [3.8, 4) is 0 Å². The lowest BCUT2D eigenvalue weighted by Crippen LogP contribution is -2.45. The average Bonchev–Trinajstić information content (AvgIpc) is 2.63. The van der Waals surface area contributed by atoms with E-state index in [-0.39, 0.29) is 12.7 Å². The van der Waals surface area contributed by atoms with Crippen LogP contribution < -0.4 is 0 Å². The van der Waals surface area contributed by atoms with E-state index in [0.717, 1.165) is 0 Å². The van der Waals surface area contributed by atoms with E-state index in [9.17, 15) is 10.2 Å². The van der Waals surface area contributed by atoms with Gasteiger partial charge in [-0.25, -0.2) is 0 Å². The number of allylic oxidation sites excluding steroid dienone is 1. The summed E-state index contributed by atoms with van der Waals surface area (Å²) in [4.78, 5) is 0. The minimum absolute atomic E-state index is 0.265. The fraction of sp³-hybridized carbons (Fsp3) is 0.857. The van der Waals surface area contributed by atoms with Gasteiger partial charge in [0.15, 0.2) is 5.79 Å². The molecule has 1 saturated heterocycles. The van der Waals surface area contributed by atoms with Crippen LogP contribution in [0, 0.1) is 5.92 Å². The Balaban J connectivity index is 2.82. The van der Waals surface area contributed by atoms with Crippen molar-refractivity contribution < 1.29 is 24.4 Å². The molecule has 0 spiro atoms. The minimum Gasteiger partial charge on any atom is -0.394 e. The minimum atomic E-state index is -0.946. The quantitative estimate of drug-likeness (QED) is 0.710. The molecule has 0 aliphatic carbocycles. The Labute approximate surface area is 115 Å². The van der Waals surface area contributed by atoms with E-state index >= 15 is 0 Å². The zero-order valence-electron chi connectivity index (χ0n) is 12.4. The van der Waals surface area contributed by atoms with E-state index < -0.39 is 24.1 Å². The molecule has 19 heavy (non-hydrogen) atoms. The van der Waals surface area contributed by atoms with Crippen LogP contribution in [0.3, 0.4) is 0 Å². The summed E-state index contributed by atoms with van der Waals surface area (Å²) in [6, 6.07) is 0. The van der Waals surface area contributed by atoms with Crippen LogP contribution in [-0.2, 0) is 14.2 Å². The molecule has 0 radical (unpaired) electrons. The zero-order chi connectivity index (χ0) is 14.6. The first-order valence-electron chi connectivity index (χ1n) is 6.66. The van der Waals surface area contributed by atoms with Crippen LogP contribution in [0.1, 0.15) is 27.7 Å². The fourth-order valence-electron chi connectivity index (χ4n) is 2.10. The second kappa shape index (κ2) is 6.81. The molecule has 4 atom stereocenters.